The first-order valence-electron chi connectivity index (χ1n) is 7.91. The molecule has 3 N–H and O–H groups in total. The fourth-order valence-corrected chi connectivity index (χ4v) is 3.75. The Labute approximate surface area is 147 Å². The molecule has 0 spiro atoms. The van der Waals surface area contributed by atoms with Crippen molar-refractivity contribution < 1.29 is 4.79 Å². The van der Waals surface area contributed by atoms with Crippen LogP contribution in [-0.2, 0) is 0 Å². The largest absolute Gasteiger partial charge is 0.376 e. The Morgan fingerprint density at radius 3 is 2.58 bits per heavy atom. The second kappa shape index (κ2) is 5.67. The third-order valence-electron chi connectivity index (χ3n) is 4.34. The zero-order valence-corrected chi connectivity index (χ0v) is 15.1. The van der Waals surface area contributed by atoms with Crippen LogP contribution < -0.4 is 11.1 Å². The molecule has 4 heteroatoms. The van der Waals surface area contributed by atoms with Crippen molar-refractivity contribution in [1.29, 1.82) is 0 Å². The fraction of sp³-hybridized carbons (Fsp3) is 0.250. The van der Waals surface area contributed by atoms with Gasteiger partial charge in [0.1, 0.15) is 0 Å². The molecule has 0 radical (unpaired) electrons. The predicted molar refractivity (Wildman–Crippen MR) is 101 cm³/mol. The zero-order chi connectivity index (χ0) is 17.6. The maximum Gasteiger partial charge on any atom is 0.248 e. The second-order valence-electron chi connectivity index (χ2n) is 6.92. The maximum absolute atomic E-state index is 11.5. The third kappa shape index (κ3) is 2.80. The maximum atomic E-state index is 11.5. The van der Waals surface area contributed by atoms with Gasteiger partial charge in [-0.05, 0) is 62.6 Å². The molecule has 1 aliphatic rings. The average molecular weight is 341 g/mol. The highest BCUT2D eigenvalue weighted by molar-refractivity contribution is 6.36. The van der Waals surface area contributed by atoms with Crippen LogP contribution in [0.15, 0.2) is 36.4 Å². The van der Waals surface area contributed by atoms with E-state index in [-0.39, 0.29) is 5.54 Å². The molecule has 0 atom stereocenters. The number of amides is 1. The minimum Gasteiger partial charge on any atom is -0.376 e. The first-order chi connectivity index (χ1) is 11.2. The number of anilines is 1. The van der Waals surface area contributed by atoms with Crippen molar-refractivity contribution in [2.24, 2.45) is 5.73 Å². The molecule has 0 aromatic heterocycles. The third-order valence-corrected chi connectivity index (χ3v) is 4.73. The highest BCUT2D eigenvalue weighted by atomic mass is 35.5. The number of nitrogens with one attached hydrogen (secondary N) is 1. The molecule has 1 aliphatic heterocycles. The molecule has 0 aliphatic carbocycles. The van der Waals surface area contributed by atoms with Crippen LogP contribution in [0, 0.1) is 6.92 Å². The molecule has 2 aromatic rings. The van der Waals surface area contributed by atoms with E-state index in [0.29, 0.717) is 10.6 Å². The van der Waals surface area contributed by atoms with Crippen molar-refractivity contribution >= 4 is 28.8 Å². The van der Waals surface area contributed by atoms with Crippen LogP contribution in [0.25, 0.3) is 16.7 Å². The SMILES string of the molecule is CC1=CC(C)(C)Nc2c(C)cc(-c3cccc(C(N)=O)c3)c(Cl)c21. The van der Waals surface area contributed by atoms with Crippen LogP contribution in [0.5, 0.6) is 0 Å². The molecule has 0 bridgehead atoms. The minimum absolute atomic E-state index is 0.113. The van der Waals surface area contributed by atoms with E-state index in [2.05, 4.69) is 45.2 Å². The van der Waals surface area contributed by atoms with Crippen LogP contribution in [0.2, 0.25) is 5.02 Å². The van der Waals surface area contributed by atoms with E-state index < -0.39 is 5.91 Å². The number of primary amides is 1. The predicted octanol–water partition coefficient (Wildman–Crippen LogP) is 5.02. The highest BCUT2D eigenvalue weighted by Gasteiger charge is 2.27. The molecular formula is C20H21ClN2O. The Morgan fingerprint density at radius 1 is 1.21 bits per heavy atom. The van der Waals surface area contributed by atoms with E-state index >= 15 is 0 Å². The van der Waals surface area contributed by atoms with Crippen LogP contribution in [0.1, 0.15) is 42.3 Å². The Bertz CT molecular complexity index is 881. The quantitative estimate of drug-likeness (QED) is 0.806. The number of benzene rings is 2. The van der Waals surface area contributed by atoms with Crippen molar-refractivity contribution in [2.45, 2.75) is 33.2 Å². The fourth-order valence-electron chi connectivity index (χ4n) is 3.35. The highest BCUT2D eigenvalue weighted by Crippen LogP contribution is 2.44. The van der Waals surface area contributed by atoms with Crippen LogP contribution >= 0.6 is 11.6 Å². The number of halogens is 1. The summed E-state index contributed by atoms with van der Waals surface area (Å²) in [7, 11) is 0. The molecule has 2 aromatic carbocycles. The normalized spacial score (nSPS) is 15.3. The number of nitrogens with two attached hydrogens (primary N) is 1. The summed E-state index contributed by atoms with van der Waals surface area (Å²) >= 11 is 6.76. The molecule has 1 amide bonds. The van der Waals surface area contributed by atoms with Crippen molar-refractivity contribution in [2.75, 3.05) is 5.32 Å². The van der Waals surface area contributed by atoms with Gasteiger partial charge in [0.05, 0.1) is 10.6 Å². The molecule has 124 valence electrons. The summed E-state index contributed by atoms with van der Waals surface area (Å²) in [4.78, 5) is 11.5. The van der Waals surface area contributed by atoms with Crippen molar-refractivity contribution in [3.63, 3.8) is 0 Å². The molecule has 24 heavy (non-hydrogen) atoms. The Hall–Kier alpha value is -2.26. The van der Waals surface area contributed by atoms with Gasteiger partial charge in [-0.25, -0.2) is 0 Å². The van der Waals surface area contributed by atoms with Crippen molar-refractivity contribution in [3.05, 3.63) is 58.1 Å². The van der Waals surface area contributed by atoms with Gasteiger partial charge in [-0.1, -0.05) is 29.8 Å². The summed E-state index contributed by atoms with van der Waals surface area (Å²) in [5.41, 5.74) is 11.9. The van der Waals surface area contributed by atoms with Gasteiger partial charge in [0.15, 0.2) is 0 Å². The number of carbonyl (C=O) groups excluding carboxylic acids is 1. The van der Waals surface area contributed by atoms with E-state index in [1.807, 2.05) is 12.1 Å². The van der Waals surface area contributed by atoms with E-state index in [4.69, 9.17) is 17.3 Å². The van der Waals surface area contributed by atoms with Crippen molar-refractivity contribution in [1.82, 2.24) is 0 Å². The van der Waals surface area contributed by atoms with Crippen LogP contribution in [0.4, 0.5) is 5.69 Å². The topological polar surface area (TPSA) is 55.1 Å². The summed E-state index contributed by atoms with van der Waals surface area (Å²) < 4.78 is 0. The van der Waals surface area contributed by atoms with E-state index in [0.717, 1.165) is 33.5 Å². The van der Waals surface area contributed by atoms with Gasteiger partial charge < -0.3 is 11.1 Å². The second-order valence-corrected chi connectivity index (χ2v) is 7.30. The molecule has 0 saturated heterocycles. The van der Waals surface area contributed by atoms with Gasteiger partial charge in [0.2, 0.25) is 5.91 Å². The standard InChI is InChI=1S/C20H21ClN2O/c1-11-8-15(13-6-5-7-14(9-13)19(22)24)17(21)16-12(2)10-20(3,4)23-18(11)16/h5-10,23H,1-4H3,(H2,22,24). The smallest absolute Gasteiger partial charge is 0.248 e. The Balaban J connectivity index is 2.23. The molecule has 0 fully saturated rings. The summed E-state index contributed by atoms with van der Waals surface area (Å²) in [5, 5.41) is 4.24. The first-order valence-corrected chi connectivity index (χ1v) is 8.29. The van der Waals surface area contributed by atoms with Gasteiger partial charge in [-0.15, -0.1) is 0 Å². The van der Waals surface area contributed by atoms with Gasteiger partial charge >= 0.3 is 0 Å². The molecule has 3 nitrogen and oxygen atoms in total. The van der Waals surface area contributed by atoms with Crippen LogP contribution in [0.3, 0.4) is 0 Å². The number of hydrogen-bond donors (Lipinski definition) is 2. The molecule has 0 saturated carbocycles. The lowest BCUT2D eigenvalue weighted by Crippen LogP contribution is -2.32. The number of hydrogen-bond acceptors (Lipinski definition) is 2. The Kier molecular flexibility index (Phi) is 3.92. The van der Waals surface area contributed by atoms with E-state index in [9.17, 15) is 4.79 Å². The van der Waals surface area contributed by atoms with Crippen molar-refractivity contribution in [3.8, 4) is 11.1 Å². The molecule has 3 rings (SSSR count). The minimum atomic E-state index is -0.442. The van der Waals surface area contributed by atoms with Gasteiger partial charge in [0, 0.05) is 22.4 Å². The number of rotatable bonds is 2. The first kappa shape index (κ1) is 16.6. The van der Waals surface area contributed by atoms with E-state index in [1.54, 1.807) is 12.1 Å². The summed E-state index contributed by atoms with van der Waals surface area (Å²) in [6, 6.07) is 9.32. The van der Waals surface area contributed by atoms with Gasteiger partial charge in [0.25, 0.3) is 0 Å². The Morgan fingerprint density at radius 2 is 1.92 bits per heavy atom. The number of carbonyl (C=O) groups is 1. The summed E-state index contributed by atoms with van der Waals surface area (Å²) in [6.07, 6.45) is 2.18. The zero-order valence-electron chi connectivity index (χ0n) is 14.3. The number of aryl methyl sites for hydroxylation is 1. The van der Waals surface area contributed by atoms with Gasteiger partial charge in [-0.3, -0.25) is 4.79 Å². The number of allylic oxidation sites excluding steroid dienone is 1. The summed E-state index contributed by atoms with van der Waals surface area (Å²) in [6.45, 7) is 8.42. The molecular weight excluding hydrogens is 320 g/mol. The van der Waals surface area contributed by atoms with E-state index in [1.165, 1.54) is 0 Å². The molecule has 0 unspecified atom stereocenters. The molecule has 1 heterocycles. The monoisotopic (exact) mass is 340 g/mol. The number of fused-ring (bicyclic) bond motifs is 1. The lowest BCUT2D eigenvalue weighted by atomic mass is 9.87. The lowest BCUT2D eigenvalue weighted by Gasteiger charge is -2.33. The average Bonchev–Trinajstić information content (AvgIpc) is 2.49. The van der Waals surface area contributed by atoms with Crippen LogP contribution in [-0.4, -0.2) is 11.4 Å². The lowest BCUT2D eigenvalue weighted by molar-refractivity contribution is 0.100. The summed E-state index contributed by atoms with van der Waals surface area (Å²) in [5.74, 6) is -0.442. The van der Waals surface area contributed by atoms with Gasteiger partial charge in [-0.2, -0.15) is 0 Å².